The third-order valence-corrected chi connectivity index (χ3v) is 1.93. The van der Waals surface area contributed by atoms with Gasteiger partial charge in [-0.05, 0) is 12.2 Å². The number of imidazole rings is 1. The van der Waals surface area contributed by atoms with Crippen molar-refractivity contribution in [3.05, 3.63) is 43.5 Å². The summed E-state index contributed by atoms with van der Waals surface area (Å²) >= 11 is 0. The van der Waals surface area contributed by atoms with E-state index in [-0.39, 0.29) is 11.8 Å². The SMILES string of the molecule is C=CC(=O)NCCc1cn(C(=O)C=C)cn1. The molecule has 0 bridgehead atoms. The average molecular weight is 219 g/mol. The summed E-state index contributed by atoms with van der Waals surface area (Å²) < 4.78 is 1.34. The van der Waals surface area contributed by atoms with Crippen molar-refractivity contribution in [3.8, 4) is 0 Å². The first kappa shape index (κ1) is 11.9. The monoisotopic (exact) mass is 219 g/mol. The van der Waals surface area contributed by atoms with Crippen LogP contribution in [0.2, 0.25) is 0 Å². The van der Waals surface area contributed by atoms with E-state index in [0.717, 1.165) is 5.69 Å². The molecule has 5 heteroatoms. The van der Waals surface area contributed by atoms with Crippen molar-refractivity contribution >= 4 is 11.8 Å². The zero-order chi connectivity index (χ0) is 12.0. The van der Waals surface area contributed by atoms with E-state index < -0.39 is 0 Å². The van der Waals surface area contributed by atoms with Crippen LogP contribution in [0.1, 0.15) is 10.5 Å². The van der Waals surface area contributed by atoms with Crippen LogP contribution in [0.25, 0.3) is 0 Å². The summed E-state index contributed by atoms with van der Waals surface area (Å²) in [7, 11) is 0. The van der Waals surface area contributed by atoms with Crippen molar-refractivity contribution in [2.45, 2.75) is 6.42 Å². The Morgan fingerprint density at radius 3 is 2.81 bits per heavy atom. The van der Waals surface area contributed by atoms with Crippen LogP contribution in [0.15, 0.2) is 37.8 Å². The van der Waals surface area contributed by atoms with Crippen LogP contribution in [0.4, 0.5) is 0 Å². The molecule has 0 unspecified atom stereocenters. The molecule has 0 spiro atoms. The van der Waals surface area contributed by atoms with E-state index in [4.69, 9.17) is 0 Å². The number of aromatic nitrogens is 2. The first-order valence-corrected chi connectivity index (χ1v) is 4.77. The van der Waals surface area contributed by atoms with Gasteiger partial charge in [0.25, 0.3) is 5.91 Å². The fourth-order valence-electron chi connectivity index (χ4n) is 1.10. The van der Waals surface area contributed by atoms with Crippen LogP contribution in [0.3, 0.4) is 0 Å². The lowest BCUT2D eigenvalue weighted by molar-refractivity contribution is -0.116. The molecule has 0 atom stereocenters. The van der Waals surface area contributed by atoms with Crippen molar-refractivity contribution in [3.63, 3.8) is 0 Å². The molecule has 5 nitrogen and oxygen atoms in total. The van der Waals surface area contributed by atoms with Gasteiger partial charge < -0.3 is 5.32 Å². The van der Waals surface area contributed by atoms with Crippen LogP contribution in [0.5, 0.6) is 0 Å². The Bertz CT molecular complexity index is 421. The topological polar surface area (TPSA) is 64.0 Å². The first-order valence-electron chi connectivity index (χ1n) is 4.77. The van der Waals surface area contributed by atoms with Gasteiger partial charge in [-0.2, -0.15) is 0 Å². The summed E-state index contributed by atoms with van der Waals surface area (Å²) in [6.07, 6.45) is 6.03. The molecule has 1 N–H and O–H groups in total. The fourth-order valence-corrected chi connectivity index (χ4v) is 1.10. The third-order valence-electron chi connectivity index (χ3n) is 1.93. The number of carbonyl (C=O) groups excluding carboxylic acids is 2. The second-order valence-corrected chi connectivity index (χ2v) is 3.06. The molecular weight excluding hydrogens is 206 g/mol. The molecule has 0 aliphatic heterocycles. The number of allylic oxidation sites excluding steroid dienone is 1. The summed E-state index contributed by atoms with van der Waals surface area (Å²) in [5.74, 6) is -0.449. The Morgan fingerprint density at radius 2 is 2.19 bits per heavy atom. The zero-order valence-electron chi connectivity index (χ0n) is 8.85. The molecule has 0 saturated heterocycles. The van der Waals surface area contributed by atoms with Crippen molar-refractivity contribution in [1.82, 2.24) is 14.9 Å². The van der Waals surface area contributed by atoms with Crippen LogP contribution >= 0.6 is 0 Å². The Hall–Kier alpha value is -2.17. The minimum absolute atomic E-state index is 0.221. The number of rotatable bonds is 5. The summed E-state index contributed by atoms with van der Waals surface area (Å²) in [6.45, 7) is 7.18. The van der Waals surface area contributed by atoms with Gasteiger partial charge in [0.2, 0.25) is 5.91 Å². The van der Waals surface area contributed by atoms with Crippen molar-refractivity contribution in [2.75, 3.05) is 6.54 Å². The number of nitrogens with zero attached hydrogens (tertiary/aromatic N) is 2. The van der Waals surface area contributed by atoms with Gasteiger partial charge in [-0.15, -0.1) is 0 Å². The summed E-state index contributed by atoms with van der Waals surface area (Å²) in [5, 5.41) is 2.62. The van der Waals surface area contributed by atoms with Gasteiger partial charge in [0.15, 0.2) is 0 Å². The van der Waals surface area contributed by atoms with Crippen molar-refractivity contribution < 1.29 is 9.59 Å². The van der Waals surface area contributed by atoms with Gasteiger partial charge in [0, 0.05) is 19.2 Å². The predicted octanol–water partition coefficient (Wildman–Crippen LogP) is 0.554. The zero-order valence-corrected chi connectivity index (χ0v) is 8.85. The van der Waals surface area contributed by atoms with E-state index in [1.165, 1.54) is 23.0 Å². The maximum absolute atomic E-state index is 11.2. The van der Waals surface area contributed by atoms with Crippen LogP contribution in [-0.4, -0.2) is 27.9 Å². The van der Waals surface area contributed by atoms with Gasteiger partial charge >= 0.3 is 0 Å². The molecule has 1 heterocycles. The Kier molecular flexibility index (Phi) is 4.20. The normalized spacial score (nSPS) is 9.50. The molecule has 1 aromatic heterocycles. The minimum atomic E-state index is -0.228. The van der Waals surface area contributed by atoms with E-state index in [1.54, 1.807) is 6.20 Å². The lowest BCUT2D eigenvalue weighted by Crippen LogP contribution is -2.23. The fraction of sp³-hybridized carbons (Fsp3) is 0.182. The van der Waals surface area contributed by atoms with E-state index in [1.807, 2.05) is 0 Å². The maximum Gasteiger partial charge on any atom is 0.255 e. The minimum Gasteiger partial charge on any atom is -0.352 e. The Balaban J connectivity index is 2.46. The van der Waals surface area contributed by atoms with Gasteiger partial charge in [-0.1, -0.05) is 13.2 Å². The maximum atomic E-state index is 11.2. The lowest BCUT2D eigenvalue weighted by atomic mass is 10.3. The van der Waals surface area contributed by atoms with Crippen LogP contribution < -0.4 is 5.32 Å². The van der Waals surface area contributed by atoms with Crippen molar-refractivity contribution in [2.24, 2.45) is 0 Å². The van der Waals surface area contributed by atoms with Gasteiger partial charge in [-0.3, -0.25) is 14.2 Å². The van der Waals surface area contributed by atoms with Crippen LogP contribution in [-0.2, 0) is 11.2 Å². The summed E-state index contributed by atoms with van der Waals surface area (Å²) in [5.41, 5.74) is 0.736. The second kappa shape index (κ2) is 5.65. The van der Waals surface area contributed by atoms with Crippen LogP contribution in [0, 0.1) is 0 Å². The molecule has 0 aliphatic rings. The number of nitrogens with one attached hydrogen (secondary N) is 1. The molecule has 84 valence electrons. The molecule has 1 rings (SSSR count). The van der Waals surface area contributed by atoms with Gasteiger partial charge in [-0.25, -0.2) is 4.98 Å². The molecule has 0 aromatic carbocycles. The molecule has 16 heavy (non-hydrogen) atoms. The lowest BCUT2D eigenvalue weighted by Gasteiger charge is -1.98. The molecule has 0 radical (unpaired) electrons. The summed E-state index contributed by atoms with van der Waals surface area (Å²) in [6, 6.07) is 0. The Morgan fingerprint density at radius 1 is 1.44 bits per heavy atom. The highest BCUT2D eigenvalue weighted by molar-refractivity contribution is 5.89. The third kappa shape index (κ3) is 3.20. The first-order chi connectivity index (χ1) is 7.67. The quantitative estimate of drug-likeness (QED) is 0.736. The summed E-state index contributed by atoms with van der Waals surface area (Å²) in [4.78, 5) is 26.0. The van der Waals surface area contributed by atoms with Gasteiger partial charge in [0.05, 0.1) is 5.69 Å². The van der Waals surface area contributed by atoms with Crippen molar-refractivity contribution in [1.29, 1.82) is 0 Å². The number of carbonyl (C=O) groups is 2. The van der Waals surface area contributed by atoms with E-state index in [9.17, 15) is 9.59 Å². The molecule has 0 fully saturated rings. The van der Waals surface area contributed by atoms with E-state index in [2.05, 4.69) is 23.5 Å². The van der Waals surface area contributed by atoms with Gasteiger partial charge in [0.1, 0.15) is 6.33 Å². The number of amides is 1. The molecule has 0 saturated carbocycles. The predicted molar refractivity (Wildman–Crippen MR) is 60.0 cm³/mol. The standard InChI is InChI=1S/C11H13N3O2/c1-3-10(15)12-6-5-9-7-14(8-13-9)11(16)4-2/h3-4,7-8H,1-2,5-6H2,(H,12,15). The highest BCUT2D eigenvalue weighted by atomic mass is 16.2. The molecule has 1 amide bonds. The average Bonchev–Trinajstić information content (AvgIpc) is 2.76. The molecule has 0 aliphatic carbocycles. The smallest absolute Gasteiger partial charge is 0.255 e. The highest BCUT2D eigenvalue weighted by Gasteiger charge is 2.03. The van der Waals surface area contributed by atoms with E-state index >= 15 is 0 Å². The van der Waals surface area contributed by atoms with E-state index in [0.29, 0.717) is 13.0 Å². The number of hydrogen-bond acceptors (Lipinski definition) is 3. The molecule has 1 aromatic rings. The highest BCUT2D eigenvalue weighted by Crippen LogP contribution is 1.97. The largest absolute Gasteiger partial charge is 0.352 e. The molecular formula is C11H13N3O2. The Labute approximate surface area is 93.5 Å². The second-order valence-electron chi connectivity index (χ2n) is 3.06. The number of hydrogen-bond donors (Lipinski definition) is 1.